The summed E-state index contributed by atoms with van der Waals surface area (Å²) in [6.07, 6.45) is 1.37. The second-order valence-electron chi connectivity index (χ2n) is 2.23. The molecule has 0 atom stereocenters. The predicted molar refractivity (Wildman–Crippen MR) is 30.1 cm³/mol. The van der Waals surface area contributed by atoms with E-state index < -0.39 is 23.3 Å². The third kappa shape index (κ3) is 7.23. The zero-order valence-corrected chi connectivity index (χ0v) is 11.3. The molecule has 0 heterocycles. The SMILES string of the molecule is CC(C)C[CH2][Hg][Cl]. The van der Waals surface area contributed by atoms with Crippen LogP contribution >= 0.6 is 8.25 Å². The van der Waals surface area contributed by atoms with Crippen LogP contribution in [0.1, 0.15) is 20.3 Å². The van der Waals surface area contributed by atoms with Gasteiger partial charge in [0.15, 0.2) is 0 Å². The first-order valence-corrected chi connectivity index (χ1v) is 13.5. The first-order valence-electron chi connectivity index (χ1n) is 2.83. The van der Waals surface area contributed by atoms with Crippen molar-refractivity contribution in [2.24, 2.45) is 5.92 Å². The molecule has 0 N–H and O–H groups in total. The Morgan fingerprint density at radius 2 is 2.14 bits per heavy atom. The van der Waals surface area contributed by atoms with E-state index in [1.165, 1.54) is 10.4 Å². The van der Waals surface area contributed by atoms with Crippen molar-refractivity contribution in [1.29, 1.82) is 0 Å². The fourth-order valence-corrected chi connectivity index (χ4v) is 5.61. The molecule has 40 valence electrons. The summed E-state index contributed by atoms with van der Waals surface area (Å²) < 4.78 is 1.39. The van der Waals surface area contributed by atoms with Crippen LogP contribution in [0.5, 0.6) is 0 Å². The Hall–Kier alpha value is 1.23. The fourth-order valence-electron chi connectivity index (χ4n) is 0.485. The van der Waals surface area contributed by atoms with E-state index in [1.54, 1.807) is 0 Å². The third-order valence-electron chi connectivity index (χ3n) is 0.915. The van der Waals surface area contributed by atoms with E-state index in [4.69, 9.17) is 8.25 Å². The Bertz CT molecular complexity index is 37.1. The van der Waals surface area contributed by atoms with Gasteiger partial charge in [0.1, 0.15) is 0 Å². The summed E-state index contributed by atoms with van der Waals surface area (Å²) in [6, 6.07) is 0. The van der Waals surface area contributed by atoms with Gasteiger partial charge in [-0.25, -0.2) is 0 Å². The van der Waals surface area contributed by atoms with E-state index >= 15 is 0 Å². The number of halogens is 1. The Morgan fingerprint density at radius 3 is 2.29 bits per heavy atom. The van der Waals surface area contributed by atoms with Crippen molar-refractivity contribution in [3.63, 3.8) is 0 Å². The third-order valence-corrected chi connectivity index (χ3v) is 5.89. The predicted octanol–water partition coefficient (Wildman–Crippen LogP) is 2.69. The van der Waals surface area contributed by atoms with Gasteiger partial charge in [0.25, 0.3) is 0 Å². The van der Waals surface area contributed by atoms with Crippen LogP contribution in [0.2, 0.25) is 3.93 Å². The molecule has 0 aromatic rings. The summed E-state index contributed by atoms with van der Waals surface area (Å²) in [6.45, 7) is 4.50. The van der Waals surface area contributed by atoms with E-state index in [-0.39, 0.29) is 0 Å². The van der Waals surface area contributed by atoms with Crippen molar-refractivity contribution >= 4 is 8.25 Å². The van der Waals surface area contributed by atoms with Gasteiger partial charge in [0, 0.05) is 0 Å². The van der Waals surface area contributed by atoms with Crippen LogP contribution in [-0.4, -0.2) is 0 Å². The first kappa shape index (κ1) is 8.23. The van der Waals surface area contributed by atoms with Crippen LogP contribution in [0, 0.1) is 5.92 Å². The standard InChI is InChI=1S/C5H11.ClH.Hg/c1-4-5(2)3;;/h5H,1,4H2,2-3H3;1H;/q;;+1/p-1. The topological polar surface area (TPSA) is 0 Å². The maximum atomic E-state index is 5.67. The molecule has 0 nitrogen and oxygen atoms in total. The van der Waals surface area contributed by atoms with Crippen LogP contribution in [0.25, 0.3) is 0 Å². The molecule has 0 saturated heterocycles. The summed E-state index contributed by atoms with van der Waals surface area (Å²) in [7, 11) is 5.67. The Kier molecular flexibility index (Phi) is 6.30. The van der Waals surface area contributed by atoms with Crippen LogP contribution < -0.4 is 0 Å². The molecule has 7 heavy (non-hydrogen) atoms. The summed E-state index contributed by atoms with van der Waals surface area (Å²) in [5.74, 6) is 0.874. The normalized spacial score (nSPS) is 9.14. The molecule has 0 bridgehead atoms. The zero-order valence-electron chi connectivity index (χ0n) is 5.08. The van der Waals surface area contributed by atoms with Gasteiger partial charge >= 0.3 is 61.7 Å². The molecule has 0 spiro atoms. The summed E-state index contributed by atoms with van der Waals surface area (Å²) in [4.78, 5) is 0. The van der Waals surface area contributed by atoms with E-state index in [0.29, 0.717) is 0 Å². The Balaban J connectivity index is 2.68. The van der Waals surface area contributed by atoms with E-state index in [1.807, 2.05) is 0 Å². The van der Waals surface area contributed by atoms with Gasteiger partial charge < -0.3 is 0 Å². The summed E-state index contributed by atoms with van der Waals surface area (Å²) >= 11 is -0.741. The van der Waals surface area contributed by atoms with E-state index in [2.05, 4.69) is 13.8 Å². The molecule has 0 aromatic heterocycles. The number of rotatable bonds is 3. The average molecular weight is 307 g/mol. The zero-order chi connectivity index (χ0) is 5.70. The minimum atomic E-state index is -0.741. The fraction of sp³-hybridized carbons (Fsp3) is 1.00. The monoisotopic (exact) mass is 308 g/mol. The molecular weight excluding hydrogens is 296 g/mol. The van der Waals surface area contributed by atoms with Crippen LogP contribution in [-0.2, 0) is 23.3 Å². The van der Waals surface area contributed by atoms with Crippen molar-refractivity contribution in [2.75, 3.05) is 0 Å². The van der Waals surface area contributed by atoms with Crippen molar-refractivity contribution in [1.82, 2.24) is 0 Å². The van der Waals surface area contributed by atoms with Crippen molar-refractivity contribution < 1.29 is 23.3 Å². The van der Waals surface area contributed by atoms with Gasteiger partial charge in [-0.1, -0.05) is 0 Å². The molecule has 0 aliphatic rings. The van der Waals surface area contributed by atoms with Crippen LogP contribution in [0.15, 0.2) is 0 Å². The molecule has 0 aliphatic heterocycles. The van der Waals surface area contributed by atoms with Crippen LogP contribution in [0.3, 0.4) is 0 Å². The molecule has 2 heteroatoms. The van der Waals surface area contributed by atoms with Gasteiger partial charge in [-0.2, -0.15) is 0 Å². The minimum absolute atomic E-state index is 0.741. The molecule has 0 saturated carbocycles. The molecule has 0 unspecified atom stereocenters. The first-order chi connectivity index (χ1) is 3.27. The van der Waals surface area contributed by atoms with Crippen molar-refractivity contribution in [2.45, 2.75) is 24.2 Å². The average Bonchev–Trinajstić information content (AvgIpc) is 1.61. The Morgan fingerprint density at radius 1 is 1.57 bits per heavy atom. The van der Waals surface area contributed by atoms with Gasteiger partial charge in [0.05, 0.1) is 0 Å². The van der Waals surface area contributed by atoms with Crippen LogP contribution in [0.4, 0.5) is 0 Å². The summed E-state index contributed by atoms with van der Waals surface area (Å²) in [5.41, 5.74) is 0. The molecule has 0 rings (SSSR count). The second-order valence-corrected chi connectivity index (χ2v) is 9.76. The van der Waals surface area contributed by atoms with Gasteiger partial charge in [-0.3, -0.25) is 0 Å². The van der Waals surface area contributed by atoms with Gasteiger partial charge in [0.2, 0.25) is 0 Å². The number of hydrogen-bond acceptors (Lipinski definition) is 0. The molecule has 0 amide bonds. The number of hydrogen-bond donors (Lipinski definition) is 0. The molecule has 0 aliphatic carbocycles. The molecule has 0 fully saturated rings. The molecule has 0 aromatic carbocycles. The van der Waals surface area contributed by atoms with E-state index in [9.17, 15) is 0 Å². The second kappa shape index (κ2) is 5.36. The molecule has 0 radical (unpaired) electrons. The quantitative estimate of drug-likeness (QED) is 0.703. The van der Waals surface area contributed by atoms with E-state index in [0.717, 1.165) is 5.92 Å². The molecular formula is C5H11ClHg. The Labute approximate surface area is 61.5 Å². The maximum absolute atomic E-state index is 5.67. The van der Waals surface area contributed by atoms with Gasteiger partial charge in [-0.05, 0) is 0 Å². The van der Waals surface area contributed by atoms with Gasteiger partial charge in [-0.15, -0.1) is 0 Å². The van der Waals surface area contributed by atoms with Crippen molar-refractivity contribution in [3.8, 4) is 0 Å². The van der Waals surface area contributed by atoms with Crippen molar-refractivity contribution in [3.05, 3.63) is 0 Å². The summed E-state index contributed by atoms with van der Waals surface area (Å²) in [5, 5.41) is 0.